The largest absolute Gasteiger partial charge is 0.348 e. The SMILES string of the molecule is O=C(NCc1ccccc1)C(=O)NCC1CCN(C(=O)c2cccnc2)CC1. The molecule has 1 saturated heterocycles. The van der Waals surface area contributed by atoms with Crippen LogP contribution in [0.15, 0.2) is 54.9 Å². The van der Waals surface area contributed by atoms with E-state index in [0.717, 1.165) is 18.4 Å². The summed E-state index contributed by atoms with van der Waals surface area (Å²) in [6.45, 7) is 2.03. The molecule has 1 fully saturated rings. The first-order valence-electron chi connectivity index (χ1n) is 9.42. The maximum atomic E-state index is 12.4. The Morgan fingerprint density at radius 2 is 1.68 bits per heavy atom. The van der Waals surface area contributed by atoms with Crippen molar-refractivity contribution in [1.82, 2.24) is 20.5 Å². The molecule has 146 valence electrons. The van der Waals surface area contributed by atoms with E-state index in [0.29, 0.717) is 31.7 Å². The molecule has 3 amide bonds. The van der Waals surface area contributed by atoms with Crippen molar-refractivity contribution in [3.63, 3.8) is 0 Å². The van der Waals surface area contributed by atoms with E-state index in [-0.39, 0.29) is 11.8 Å². The zero-order chi connectivity index (χ0) is 19.8. The number of carbonyl (C=O) groups is 3. The van der Waals surface area contributed by atoms with E-state index in [1.54, 1.807) is 24.5 Å². The van der Waals surface area contributed by atoms with Crippen molar-refractivity contribution in [2.75, 3.05) is 19.6 Å². The van der Waals surface area contributed by atoms with Crippen LogP contribution in [-0.2, 0) is 16.1 Å². The minimum atomic E-state index is -0.631. The molecule has 1 aliphatic rings. The quantitative estimate of drug-likeness (QED) is 0.767. The van der Waals surface area contributed by atoms with E-state index >= 15 is 0 Å². The van der Waals surface area contributed by atoms with Crippen molar-refractivity contribution in [1.29, 1.82) is 0 Å². The third kappa shape index (κ3) is 5.39. The first kappa shape index (κ1) is 19.5. The summed E-state index contributed by atoms with van der Waals surface area (Å²) in [5.41, 5.74) is 1.53. The Labute approximate surface area is 164 Å². The lowest BCUT2D eigenvalue weighted by Crippen LogP contribution is -2.44. The molecular weight excluding hydrogens is 356 g/mol. The summed E-state index contributed by atoms with van der Waals surface area (Å²) < 4.78 is 0. The molecule has 2 N–H and O–H groups in total. The Balaban J connectivity index is 1.37. The Bertz CT molecular complexity index is 803. The molecule has 2 aromatic rings. The molecule has 0 unspecified atom stereocenters. The second kappa shape index (κ2) is 9.64. The minimum absolute atomic E-state index is 0.0177. The summed E-state index contributed by atoms with van der Waals surface area (Å²) in [6, 6.07) is 12.9. The van der Waals surface area contributed by atoms with Gasteiger partial charge in [0.15, 0.2) is 0 Å². The van der Waals surface area contributed by atoms with Crippen LogP contribution in [0.1, 0.15) is 28.8 Å². The van der Waals surface area contributed by atoms with Crippen LogP contribution in [0.3, 0.4) is 0 Å². The summed E-state index contributed by atoms with van der Waals surface area (Å²) in [6.07, 6.45) is 4.79. The number of pyridine rings is 1. The van der Waals surface area contributed by atoms with Gasteiger partial charge < -0.3 is 15.5 Å². The van der Waals surface area contributed by atoms with E-state index < -0.39 is 11.8 Å². The molecule has 1 aromatic carbocycles. The summed E-state index contributed by atoms with van der Waals surface area (Å²) >= 11 is 0. The van der Waals surface area contributed by atoms with E-state index in [1.165, 1.54) is 0 Å². The van der Waals surface area contributed by atoms with E-state index in [9.17, 15) is 14.4 Å². The fraction of sp³-hybridized carbons (Fsp3) is 0.333. The van der Waals surface area contributed by atoms with Gasteiger partial charge in [0.25, 0.3) is 5.91 Å². The second-order valence-corrected chi connectivity index (χ2v) is 6.86. The van der Waals surface area contributed by atoms with Gasteiger partial charge in [-0.3, -0.25) is 19.4 Å². The highest BCUT2D eigenvalue weighted by Gasteiger charge is 2.24. The predicted molar refractivity (Wildman–Crippen MR) is 104 cm³/mol. The Hall–Kier alpha value is -3.22. The zero-order valence-electron chi connectivity index (χ0n) is 15.6. The van der Waals surface area contributed by atoms with Crippen LogP contribution in [0.2, 0.25) is 0 Å². The number of nitrogens with zero attached hydrogens (tertiary/aromatic N) is 2. The first-order chi connectivity index (χ1) is 13.6. The molecule has 7 nitrogen and oxygen atoms in total. The summed E-state index contributed by atoms with van der Waals surface area (Å²) in [4.78, 5) is 42.1. The molecule has 0 atom stereocenters. The topological polar surface area (TPSA) is 91.4 Å². The Morgan fingerprint density at radius 3 is 2.36 bits per heavy atom. The lowest BCUT2D eigenvalue weighted by atomic mass is 9.96. The van der Waals surface area contributed by atoms with Crippen LogP contribution >= 0.6 is 0 Å². The first-order valence-corrected chi connectivity index (χ1v) is 9.42. The van der Waals surface area contributed by atoms with Gasteiger partial charge in [-0.2, -0.15) is 0 Å². The number of aromatic nitrogens is 1. The molecule has 28 heavy (non-hydrogen) atoms. The highest BCUT2D eigenvalue weighted by atomic mass is 16.2. The number of likely N-dealkylation sites (tertiary alicyclic amines) is 1. The van der Waals surface area contributed by atoms with Crippen LogP contribution in [0.5, 0.6) is 0 Å². The third-order valence-corrected chi connectivity index (χ3v) is 4.86. The average molecular weight is 380 g/mol. The molecule has 0 radical (unpaired) electrons. The molecule has 1 aliphatic heterocycles. The van der Waals surface area contributed by atoms with E-state index in [4.69, 9.17) is 0 Å². The molecule has 1 aromatic heterocycles. The Morgan fingerprint density at radius 1 is 0.964 bits per heavy atom. The van der Waals surface area contributed by atoms with Crippen LogP contribution in [0.25, 0.3) is 0 Å². The molecule has 0 spiro atoms. The lowest BCUT2D eigenvalue weighted by molar-refractivity contribution is -0.139. The number of benzene rings is 1. The van der Waals surface area contributed by atoms with Gasteiger partial charge >= 0.3 is 11.8 Å². The summed E-state index contributed by atoms with van der Waals surface area (Å²) in [5.74, 6) is -1.02. The smallest absolute Gasteiger partial charge is 0.309 e. The fourth-order valence-electron chi connectivity index (χ4n) is 3.19. The molecular formula is C21H24N4O3. The van der Waals surface area contributed by atoms with Crippen LogP contribution < -0.4 is 10.6 Å². The van der Waals surface area contributed by atoms with Crippen molar-refractivity contribution < 1.29 is 14.4 Å². The minimum Gasteiger partial charge on any atom is -0.348 e. The fourth-order valence-corrected chi connectivity index (χ4v) is 3.19. The van der Waals surface area contributed by atoms with Gasteiger partial charge in [-0.1, -0.05) is 30.3 Å². The van der Waals surface area contributed by atoms with Gasteiger partial charge in [-0.15, -0.1) is 0 Å². The molecule has 2 heterocycles. The van der Waals surface area contributed by atoms with E-state index in [2.05, 4.69) is 15.6 Å². The van der Waals surface area contributed by atoms with Gasteiger partial charge in [0, 0.05) is 38.6 Å². The number of piperidine rings is 1. The number of nitrogens with one attached hydrogen (secondary N) is 2. The lowest BCUT2D eigenvalue weighted by Gasteiger charge is -2.32. The monoisotopic (exact) mass is 380 g/mol. The van der Waals surface area contributed by atoms with Crippen molar-refractivity contribution in [2.24, 2.45) is 5.92 Å². The van der Waals surface area contributed by atoms with E-state index in [1.807, 2.05) is 35.2 Å². The van der Waals surface area contributed by atoms with Gasteiger partial charge in [-0.25, -0.2) is 0 Å². The zero-order valence-corrected chi connectivity index (χ0v) is 15.6. The standard InChI is InChI=1S/C21H24N4O3/c26-19(23-13-16-5-2-1-3-6-16)20(27)24-14-17-8-11-25(12-9-17)21(28)18-7-4-10-22-15-18/h1-7,10,15,17H,8-9,11-14H2,(H,23,26)(H,24,27). The summed E-state index contributed by atoms with van der Waals surface area (Å²) in [7, 11) is 0. The molecule has 0 bridgehead atoms. The van der Waals surface area contributed by atoms with Gasteiger partial charge in [0.1, 0.15) is 0 Å². The number of hydrogen-bond acceptors (Lipinski definition) is 4. The van der Waals surface area contributed by atoms with Crippen LogP contribution in [-0.4, -0.2) is 47.2 Å². The van der Waals surface area contributed by atoms with Crippen molar-refractivity contribution >= 4 is 17.7 Å². The molecule has 0 saturated carbocycles. The normalized spacial score (nSPS) is 14.4. The van der Waals surface area contributed by atoms with Crippen LogP contribution in [0.4, 0.5) is 0 Å². The molecule has 3 rings (SSSR count). The van der Waals surface area contributed by atoms with Crippen molar-refractivity contribution in [3.05, 3.63) is 66.0 Å². The average Bonchev–Trinajstić information content (AvgIpc) is 2.77. The van der Waals surface area contributed by atoms with Gasteiger partial charge in [-0.05, 0) is 36.5 Å². The maximum Gasteiger partial charge on any atom is 0.309 e. The number of hydrogen-bond donors (Lipinski definition) is 2. The van der Waals surface area contributed by atoms with Gasteiger partial charge in [0.05, 0.1) is 5.56 Å². The van der Waals surface area contributed by atoms with Crippen molar-refractivity contribution in [2.45, 2.75) is 19.4 Å². The molecule has 7 heteroatoms. The highest BCUT2D eigenvalue weighted by molar-refractivity contribution is 6.35. The number of carbonyl (C=O) groups excluding carboxylic acids is 3. The van der Waals surface area contributed by atoms with Gasteiger partial charge in [0.2, 0.25) is 0 Å². The number of amides is 3. The maximum absolute atomic E-state index is 12.4. The third-order valence-electron chi connectivity index (χ3n) is 4.86. The predicted octanol–water partition coefficient (Wildman–Crippen LogP) is 1.37. The summed E-state index contributed by atoms with van der Waals surface area (Å²) in [5, 5.41) is 5.32. The van der Waals surface area contributed by atoms with Crippen LogP contribution in [0, 0.1) is 5.92 Å². The number of rotatable bonds is 5. The molecule has 0 aliphatic carbocycles. The van der Waals surface area contributed by atoms with Crippen molar-refractivity contribution in [3.8, 4) is 0 Å². The highest BCUT2D eigenvalue weighted by Crippen LogP contribution is 2.18. The Kier molecular flexibility index (Phi) is 6.73. The second-order valence-electron chi connectivity index (χ2n) is 6.86.